The monoisotopic (exact) mass is 644 g/mol. The van der Waals surface area contributed by atoms with Crippen molar-refractivity contribution in [2.45, 2.75) is 39.5 Å². The predicted molar refractivity (Wildman–Crippen MR) is 182 cm³/mol. The van der Waals surface area contributed by atoms with E-state index in [2.05, 4.69) is 26.0 Å². The highest BCUT2D eigenvalue weighted by molar-refractivity contribution is 5.88. The molecule has 0 aliphatic carbocycles. The first-order valence-corrected chi connectivity index (χ1v) is 16.8. The fourth-order valence-corrected chi connectivity index (χ4v) is 5.29. The first-order valence-electron chi connectivity index (χ1n) is 16.8. The minimum absolute atomic E-state index is 0.207. The average Bonchev–Trinajstić information content (AvgIpc) is 3.06. The van der Waals surface area contributed by atoms with Crippen molar-refractivity contribution in [3.63, 3.8) is 0 Å². The molecule has 5 rings (SSSR count). The largest absolute Gasteiger partial charge is 0.494 e. The van der Waals surface area contributed by atoms with E-state index in [0.29, 0.717) is 32.2 Å². The van der Waals surface area contributed by atoms with Crippen LogP contribution in [0.3, 0.4) is 0 Å². The number of benzene rings is 3. The lowest BCUT2D eigenvalue weighted by Crippen LogP contribution is -2.45. The van der Waals surface area contributed by atoms with Gasteiger partial charge in [-0.25, -0.2) is 4.79 Å². The Balaban J connectivity index is 0.961. The molecule has 0 unspecified atom stereocenters. The number of esters is 1. The van der Waals surface area contributed by atoms with Gasteiger partial charge < -0.3 is 33.2 Å². The molecule has 8 nitrogen and oxygen atoms in total. The molecule has 0 amide bonds. The lowest BCUT2D eigenvalue weighted by Gasteiger charge is -2.40. The standard InChI is InChI=1S/C39H48O8/c1-3-38(27-43-28-38)25-41-21-5-23-45-34-14-12-33(13-15-34)32-10-7-31(8-11-32)9-20-37(40)47-36-18-16-35(17-19-36)46-24-6-22-42-26-39(4-2)29-44-30-39/h7-20H,3-6,21-30H2,1-2H3/b20-9+. The zero-order chi connectivity index (χ0) is 32.8. The maximum Gasteiger partial charge on any atom is 0.336 e. The summed E-state index contributed by atoms with van der Waals surface area (Å²) in [6.07, 6.45) is 6.99. The molecule has 2 heterocycles. The Bertz CT molecular complexity index is 1380. The van der Waals surface area contributed by atoms with E-state index in [-0.39, 0.29) is 10.8 Å². The normalized spacial score (nSPS) is 16.3. The Morgan fingerprint density at radius 3 is 1.53 bits per heavy atom. The second-order valence-electron chi connectivity index (χ2n) is 12.6. The Morgan fingerprint density at radius 1 is 0.638 bits per heavy atom. The maximum absolute atomic E-state index is 12.4. The number of carbonyl (C=O) groups is 1. The number of hydrogen-bond donors (Lipinski definition) is 0. The molecule has 2 fully saturated rings. The van der Waals surface area contributed by atoms with Gasteiger partial charge in [0.2, 0.25) is 0 Å². The molecular formula is C39H48O8. The zero-order valence-corrected chi connectivity index (χ0v) is 27.7. The molecule has 0 spiro atoms. The van der Waals surface area contributed by atoms with Crippen LogP contribution >= 0.6 is 0 Å². The van der Waals surface area contributed by atoms with E-state index in [1.54, 1.807) is 30.3 Å². The number of ether oxygens (including phenoxy) is 7. The smallest absolute Gasteiger partial charge is 0.336 e. The highest BCUT2D eigenvalue weighted by Gasteiger charge is 2.37. The molecule has 8 heteroatoms. The molecule has 47 heavy (non-hydrogen) atoms. The highest BCUT2D eigenvalue weighted by atomic mass is 16.5. The van der Waals surface area contributed by atoms with Crippen molar-refractivity contribution in [2.24, 2.45) is 10.8 Å². The summed E-state index contributed by atoms with van der Waals surface area (Å²) >= 11 is 0. The van der Waals surface area contributed by atoms with Gasteiger partial charge in [0.25, 0.3) is 0 Å². The third-order valence-corrected chi connectivity index (χ3v) is 8.91. The zero-order valence-electron chi connectivity index (χ0n) is 27.7. The van der Waals surface area contributed by atoms with E-state index >= 15 is 0 Å². The van der Waals surface area contributed by atoms with Crippen LogP contribution in [-0.2, 0) is 23.7 Å². The van der Waals surface area contributed by atoms with E-state index < -0.39 is 5.97 Å². The van der Waals surface area contributed by atoms with E-state index in [1.165, 1.54) is 6.08 Å². The molecular weight excluding hydrogens is 596 g/mol. The molecule has 0 N–H and O–H groups in total. The van der Waals surface area contributed by atoms with E-state index in [9.17, 15) is 4.79 Å². The molecule has 252 valence electrons. The second-order valence-corrected chi connectivity index (χ2v) is 12.6. The van der Waals surface area contributed by atoms with Crippen LogP contribution in [0.5, 0.6) is 17.2 Å². The van der Waals surface area contributed by atoms with E-state index in [1.807, 2.05) is 36.4 Å². The summed E-state index contributed by atoms with van der Waals surface area (Å²) < 4.78 is 39.5. The molecule has 2 aliphatic rings. The molecule has 0 radical (unpaired) electrons. The fraction of sp³-hybridized carbons (Fsp3) is 0.462. The summed E-state index contributed by atoms with van der Waals surface area (Å²) in [6, 6.07) is 23.1. The Hall–Kier alpha value is -3.69. The van der Waals surface area contributed by atoms with Crippen molar-refractivity contribution in [1.29, 1.82) is 0 Å². The van der Waals surface area contributed by atoms with Crippen LogP contribution in [0.1, 0.15) is 45.1 Å². The minimum atomic E-state index is -0.443. The first-order chi connectivity index (χ1) is 23.0. The van der Waals surface area contributed by atoms with Crippen molar-refractivity contribution in [1.82, 2.24) is 0 Å². The molecule has 3 aromatic carbocycles. The van der Waals surface area contributed by atoms with Gasteiger partial charge in [0.05, 0.1) is 52.9 Å². The Morgan fingerprint density at radius 2 is 1.09 bits per heavy atom. The molecule has 0 bridgehead atoms. The Kier molecular flexibility index (Phi) is 12.9. The van der Waals surface area contributed by atoms with Gasteiger partial charge in [-0.1, -0.05) is 50.2 Å². The van der Waals surface area contributed by atoms with Gasteiger partial charge >= 0.3 is 5.97 Å². The summed E-state index contributed by atoms with van der Waals surface area (Å²) in [5.74, 6) is 1.58. The second kappa shape index (κ2) is 17.5. The quantitative estimate of drug-likeness (QED) is 0.0545. The van der Waals surface area contributed by atoms with Crippen LogP contribution in [0.15, 0.2) is 78.9 Å². The molecule has 3 aromatic rings. The topological polar surface area (TPSA) is 81.7 Å². The molecule has 0 atom stereocenters. The molecule has 0 saturated carbocycles. The summed E-state index contributed by atoms with van der Waals surface area (Å²) in [5, 5.41) is 0. The van der Waals surface area contributed by atoms with Crippen molar-refractivity contribution in [3.8, 4) is 28.4 Å². The van der Waals surface area contributed by atoms with Crippen LogP contribution in [0.4, 0.5) is 0 Å². The van der Waals surface area contributed by atoms with Gasteiger partial charge in [-0.05, 0) is 72.0 Å². The van der Waals surface area contributed by atoms with Crippen LogP contribution < -0.4 is 14.2 Å². The molecule has 2 aliphatic heterocycles. The van der Waals surface area contributed by atoms with Crippen molar-refractivity contribution >= 4 is 12.0 Å². The van der Waals surface area contributed by atoms with Crippen LogP contribution in [-0.4, -0.2) is 72.0 Å². The van der Waals surface area contributed by atoms with Crippen molar-refractivity contribution < 1.29 is 38.0 Å². The third kappa shape index (κ3) is 10.4. The summed E-state index contributed by atoms with van der Waals surface area (Å²) in [5.41, 5.74) is 3.51. The summed E-state index contributed by atoms with van der Waals surface area (Å²) in [6.45, 7) is 11.6. The number of hydrogen-bond acceptors (Lipinski definition) is 8. The van der Waals surface area contributed by atoms with E-state index in [4.69, 9.17) is 33.2 Å². The lowest BCUT2D eigenvalue weighted by molar-refractivity contribution is -0.150. The van der Waals surface area contributed by atoms with Gasteiger partial charge in [0.1, 0.15) is 17.2 Å². The lowest BCUT2D eigenvalue weighted by atomic mass is 9.84. The predicted octanol–water partition coefficient (Wildman–Crippen LogP) is 7.40. The molecule has 2 saturated heterocycles. The Labute approximate surface area is 278 Å². The number of rotatable bonds is 20. The SMILES string of the molecule is CCC1(COCCCOc2ccc(OC(=O)/C=C/c3ccc(-c4ccc(OCCCOCC5(CC)COC5)cc4)cc3)cc2)COC1. The van der Waals surface area contributed by atoms with Gasteiger partial charge in [-0.2, -0.15) is 0 Å². The van der Waals surface area contributed by atoms with Crippen molar-refractivity contribution in [2.75, 3.05) is 66.1 Å². The molecule has 0 aromatic heterocycles. The fourth-order valence-electron chi connectivity index (χ4n) is 5.29. The van der Waals surface area contributed by atoms with Gasteiger partial charge in [-0.3, -0.25) is 0 Å². The van der Waals surface area contributed by atoms with Crippen LogP contribution in [0, 0.1) is 10.8 Å². The maximum atomic E-state index is 12.4. The van der Waals surface area contributed by atoms with E-state index in [0.717, 1.165) is 93.5 Å². The van der Waals surface area contributed by atoms with Gasteiger partial charge in [-0.15, -0.1) is 0 Å². The van der Waals surface area contributed by atoms with Gasteiger partial charge in [0, 0.05) is 43.0 Å². The van der Waals surface area contributed by atoms with Crippen LogP contribution in [0.25, 0.3) is 17.2 Å². The number of carbonyl (C=O) groups excluding carboxylic acids is 1. The van der Waals surface area contributed by atoms with Gasteiger partial charge in [0.15, 0.2) is 0 Å². The minimum Gasteiger partial charge on any atom is -0.494 e. The third-order valence-electron chi connectivity index (χ3n) is 8.91. The summed E-state index contributed by atoms with van der Waals surface area (Å²) in [7, 11) is 0. The van der Waals surface area contributed by atoms with Crippen LogP contribution in [0.2, 0.25) is 0 Å². The van der Waals surface area contributed by atoms with Crippen molar-refractivity contribution in [3.05, 3.63) is 84.4 Å². The highest BCUT2D eigenvalue weighted by Crippen LogP contribution is 2.32. The first kappa shape index (κ1) is 34.6. The average molecular weight is 645 g/mol. The summed E-state index contributed by atoms with van der Waals surface area (Å²) in [4.78, 5) is 12.4.